The lowest BCUT2D eigenvalue weighted by molar-refractivity contribution is -0.146. The van der Waals surface area contributed by atoms with E-state index >= 15 is 0 Å². The minimum Gasteiger partial charge on any atom is -0.381 e. The van der Waals surface area contributed by atoms with Crippen LogP contribution in [0.15, 0.2) is 0 Å². The number of methoxy groups -OCH3 is 1. The molecule has 0 aromatic rings. The molecule has 8 unspecified atom stereocenters. The molecular weight excluding hydrogens is 592 g/mol. The second kappa shape index (κ2) is 13.5. The first-order valence-corrected chi connectivity index (χ1v) is 19.5. The van der Waals surface area contributed by atoms with E-state index in [0.717, 1.165) is 69.6 Å². The summed E-state index contributed by atoms with van der Waals surface area (Å²) in [5, 5.41) is 0. The van der Waals surface area contributed by atoms with Gasteiger partial charge in [-0.2, -0.15) is 0 Å². The SMILES string of the molecule is COC1CCC(C(C)(C)C2CCC(OC3CCC4C(=O)N(C5CCCC(N6C(=O)C7CCC(C)CC7C6=O)C5)C(=O)C4C3)CC2)CC1. The molecule has 0 aromatic carbocycles. The molecule has 4 amide bonds. The molecule has 0 radical (unpaired) electrons. The number of nitrogens with zero attached hydrogens (tertiary/aromatic N) is 2. The molecule has 2 saturated heterocycles. The number of amides is 4. The van der Waals surface area contributed by atoms with Crippen LogP contribution in [0.1, 0.15) is 136 Å². The highest BCUT2D eigenvalue weighted by molar-refractivity contribution is 6.06. The molecule has 7 aliphatic rings. The molecular formula is C39H60N2O6. The average molecular weight is 653 g/mol. The zero-order chi connectivity index (χ0) is 33.0. The lowest BCUT2D eigenvalue weighted by Gasteiger charge is -2.47. The summed E-state index contributed by atoms with van der Waals surface area (Å²) in [6, 6.07) is -0.418. The van der Waals surface area contributed by atoms with Crippen LogP contribution in [0.5, 0.6) is 0 Å². The Kier molecular flexibility index (Phi) is 9.67. The van der Waals surface area contributed by atoms with Gasteiger partial charge < -0.3 is 9.47 Å². The van der Waals surface area contributed by atoms with Gasteiger partial charge in [0.2, 0.25) is 23.6 Å². The highest BCUT2D eigenvalue weighted by atomic mass is 16.5. The first kappa shape index (κ1) is 33.7. The van der Waals surface area contributed by atoms with Crippen molar-refractivity contribution in [2.75, 3.05) is 7.11 Å². The Hall–Kier alpha value is -1.80. The number of carbonyl (C=O) groups is 4. The Morgan fingerprint density at radius 3 is 1.55 bits per heavy atom. The molecule has 0 bridgehead atoms. The molecule has 262 valence electrons. The number of rotatable bonds is 7. The normalized spacial score (nSPS) is 43.3. The van der Waals surface area contributed by atoms with Crippen molar-refractivity contribution in [3.05, 3.63) is 0 Å². The molecule has 47 heavy (non-hydrogen) atoms. The van der Waals surface area contributed by atoms with Crippen LogP contribution in [-0.4, -0.2) is 70.9 Å². The minimum absolute atomic E-state index is 0.00270. The summed E-state index contributed by atoms with van der Waals surface area (Å²) in [5.41, 5.74) is 0.339. The van der Waals surface area contributed by atoms with E-state index in [-0.39, 0.29) is 71.6 Å². The standard InChI is InChI=1S/C39H60N2O6/c1-23-8-18-31-33(20-23)37(44)40(35(31)42)26-6-5-7-27(21-26)41-36(43)32-19-17-30(22-34(32)38(41)45)47-29-15-11-25(12-16-29)39(2,3)24-9-13-28(46-4)14-10-24/h23-34H,5-22H2,1-4H3. The number of hydrogen-bond donors (Lipinski definition) is 0. The fraction of sp³-hybridized carbons (Fsp3) is 0.897. The first-order chi connectivity index (χ1) is 22.6. The Morgan fingerprint density at radius 1 is 0.532 bits per heavy atom. The summed E-state index contributed by atoms with van der Waals surface area (Å²) in [5.74, 6) is 1.02. The van der Waals surface area contributed by atoms with E-state index in [9.17, 15) is 19.2 Å². The zero-order valence-corrected chi connectivity index (χ0v) is 29.5. The molecule has 0 N–H and O–H groups in total. The van der Waals surface area contributed by atoms with E-state index in [1.807, 2.05) is 7.11 Å². The van der Waals surface area contributed by atoms with Crippen molar-refractivity contribution in [1.82, 2.24) is 9.80 Å². The zero-order valence-electron chi connectivity index (χ0n) is 29.5. The fourth-order valence-corrected chi connectivity index (χ4v) is 11.6. The molecule has 5 aliphatic carbocycles. The van der Waals surface area contributed by atoms with Crippen LogP contribution in [0.4, 0.5) is 0 Å². The molecule has 7 fully saturated rings. The van der Waals surface area contributed by atoms with Crippen molar-refractivity contribution < 1.29 is 28.7 Å². The van der Waals surface area contributed by atoms with Crippen LogP contribution in [0.25, 0.3) is 0 Å². The molecule has 2 aliphatic heterocycles. The van der Waals surface area contributed by atoms with E-state index in [4.69, 9.17) is 9.47 Å². The van der Waals surface area contributed by atoms with Gasteiger partial charge in [-0.1, -0.05) is 20.8 Å². The molecule has 8 heteroatoms. The van der Waals surface area contributed by atoms with Crippen molar-refractivity contribution in [3.63, 3.8) is 0 Å². The largest absolute Gasteiger partial charge is 0.381 e. The predicted octanol–water partition coefficient (Wildman–Crippen LogP) is 6.68. The van der Waals surface area contributed by atoms with Crippen LogP contribution < -0.4 is 0 Å². The van der Waals surface area contributed by atoms with Crippen molar-refractivity contribution in [3.8, 4) is 0 Å². The van der Waals surface area contributed by atoms with Gasteiger partial charge in [0.15, 0.2) is 0 Å². The lowest BCUT2D eigenvalue weighted by atomic mass is 9.60. The summed E-state index contributed by atoms with van der Waals surface area (Å²) in [4.78, 5) is 57.7. The fourth-order valence-electron chi connectivity index (χ4n) is 11.6. The van der Waals surface area contributed by atoms with Gasteiger partial charge >= 0.3 is 0 Å². The minimum atomic E-state index is -0.293. The maximum Gasteiger partial charge on any atom is 0.233 e. The number of hydrogen-bond acceptors (Lipinski definition) is 6. The van der Waals surface area contributed by atoms with Gasteiger partial charge in [0.1, 0.15) is 0 Å². The monoisotopic (exact) mass is 652 g/mol. The maximum absolute atomic E-state index is 13.9. The maximum atomic E-state index is 13.9. The van der Waals surface area contributed by atoms with E-state index in [2.05, 4.69) is 20.8 Å². The van der Waals surface area contributed by atoms with Crippen LogP contribution in [0.3, 0.4) is 0 Å². The third-order valence-electron chi connectivity index (χ3n) is 14.7. The average Bonchev–Trinajstić information content (AvgIpc) is 3.47. The Bertz CT molecular complexity index is 1200. The van der Waals surface area contributed by atoms with Gasteiger partial charge in [0, 0.05) is 19.2 Å². The van der Waals surface area contributed by atoms with E-state index in [1.54, 1.807) is 9.80 Å². The summed E-state index contributed by atoms with van der Waals surface area (Å²) < 4.78 is 12.3. The van der Waals surface area contributed by atoms with Crippen LogP contribution in [0.2, 0.25) is 0 Å². The van der Waals surface area contributed by atoms with Crippen LogP contribution in [0, 0.1) is 46.8 Å². The summed E-state index contributed by atoms with van der Waals surface area (Å²) >= 11 is 0. The van der Waals surface area contributed by atoms with Gasteiger partial charge in [0.05, 0.1) is 42.0 Å². The van der Waals surface area contributed by atoms with Gasteiger partial charge in [-0.05, 0) is 139 Å². The molecule has 2 heterocycles. The van der Waals surface area contributed by atoms with Gasteiger partial charge in [0.25, 0.3) is 0 Å². The van der Waals surface area contributed by atoms with Crippen molar-refractivity contribution in [2.45, 2.75) is 167 Å². The third-order valence-corrected chi connectivity index (χ3v) is 14.7. The summed E-state index contributed by atoms with van der Waals surface area (Å²) in [7, 11) is 1.85. The van der Waals surface area contributed by atoms with Crippen molar-refractivity contribution >= 4 is 23.6 Å². The topological polar surface area (TPSA) is 93.2 Å². The number of likely N-dealkylation sites (tertiary alicyclic amines) is 2. The molecule has 0 aromatic heterocycles. The molecule has 5 saturated carbocycles. The smallest absolute Gasteiger partial charge is 0.233 e. The Labute approximate surface area is 282 Å². The van der Waals surface area contributed by atoms with Gasteiger partial charge in [-0.15, -0.1) is 0 Å². The number of fused-ring (bicyclic) bond motifs is 2. The molecule has 8 atom stereocenters. The van der Waals surface area contributed by atoms with E-state index in [1.165, 1.54) is 38.5 Å². The van der Waals surface area contributed by atoms with Gasteiger partial charge in [-0.3, -0.25) is 29.0 Å². The number of ether oxygens (including phenoxy) is 2. The highest BCUT2D eigenvalue weighted by Crippen LogP contribution is 2.50. The Balaban J connectivity index is 0.922. The summed E-state index contributed by atoms with van der Waals surface area (Å²) in [6.45, 7) is 7.16. The van der Waals surface area contributed by atoms with Crippen molar-refractivity contribution in [1.29, 1.82) is 0 Å². The van der Waals surface area contributed by atoms with Crippen LogP contribution in [-0.2, 0) is 28.7 Å². The first-order valence-electron chi connectivity index (χ1n) is 19.5. The summed E-state index contributed by atoms with van der Waals surface area (Å²) in [6.07, 6.45) is 17.9. The predicted molar refractivity (Wildman–Crippen MR) is 178 cm³/mol. The lowest BCUT2D eigenvalue weighted by Crippen LogP contribution is -2.50. The van der Waals surface area contributed by atoms with Crippen LogP contribution >= 0.6 is 0 Å². The van der Waals surface area contributed by atoms with E-state index in [0.29, 0.717) is 36.7 Å². The molecule has 7 rings (SSSR count). The quantitative estimate of drug-likeness (QED) is 0.285. The number of carbonyl (C=O) groups excluding carboxylic acids is 4. The highest BCUT2D eigenvalue weighted by Gasteiger charge is 2.56. The Morgan fingerprint density at radius 2 is 1.00 bits per heavy atom. The van der Waals surface area contributed by atoms with Crippen molar-refractivity contribution in [2.24, 2.45) is 46.8 Å². The van der Waals surface area contributed by atoms with E-state index < -0.39 is 0 Å². The second-order valence-electron chi connectivity index (χ2n) is 17.5. The van der Waals surface area contributed by atoms with Gasteiger partial charge in [-0.25, -0.2) is 0 Å². The molecule has 0 spiro atoms. The number of imide groups is 2. The third kappa shape index (κ3) is 6.25. The second-order valence-corrected chi connectivity index (χ2v) is 17.5. The molecule has 8 nitrogen and oxygen atoms in total.